The fraction of sp³-hybridized carbons (Fsp3) is 0.381. The SMILES string of the molecule is CSc1ccc(S(=O)(=O)Nc2ccccc2C(F)(F)F)cc1C(=O)N1CCC(C)CC1. The summed E-state index contributed by atoms with van der Waals surface area (Å²) < 4.78 is 67.5. The second kappa shape index (κ2) is 9.12. The van der Waals surface area contributed by atoms with Crippen LogP contribution in [0.1, 0.15) is 35.7 Å². The number of amides is 1. The molecule has 5 nitrogen and oxygen atoms in total. The molecule has 0 aliphatic carbocycles. The molecule has 31 heavy (non-hydrogen) atoms. The molecule has 0 spiro atoms. The molecule has 10 heteroatoms. The monoisotopic (exact) mass is 472 g/mol. The Morgan fingerprint density at radius 2 is 1.77 bits per heavy atom. The molecule has 1 heterocycles. The number of rotatable bonds is 5. The second-order valence-corrected chi connectivity index (χ2v) is 10.0. The van der Waals surface area contributed by atoms with E-state index >= 15 is 0 Å². The summed E-state index contributed by atoms with van der Waals surface area (Å²) in [5.74, 6) is 0.248. The van der Waals surface area contributed by atoms with Gasteiger partial charge in [0.25, 0.3) is 15.9 Å². The van der Waals surface area contributed by atoms with Crippen LogP contribution >= 0.6 is 11.8 Å². The van der Waals surface area contributed by atoms with E-state index in [2.05, 4.69) is 6.92 Å². The first-order valence-electron chi connectivity index (χ1n) is 9.69. The second-order valence-electron chi connectivity index (χ2n) is 7.49. The number of likely N-dealkylation sites (tertiary alicyclic amines) is 1. The van der Waals surface area contributed by atoms with E-state index < -0.39 is 27.5 Å². The van der Waals surface area contributed by atoms with Gasteiger partial charge in [-0.05, 0) is 55.3 Å². The van der Waals surface area contributed by atoms with Gasteiger partial charge in [0.15, 0.2) is 0 Å². The molecule has 0 bridgehead atoms. The molecule has 0 aromatic heterocycles. The lowest BCUT2D eigenvalue weighted by Gasteiger charge is -2.30. The maximum Gasteiger partial charge on any atom is 0.418 e. The zero-order valence-electron chi connectivity index (χ0n) is 17.1. The molecule has 1 aliphatic heterocycles. The number of piperidine rings is 1. The summed E-state index contributed by atoms with van der Waals surface area (Å²) in [5, 5.41) is 0. The average Bonchev–Trinajstić information content (AvgIpc) is 2.72. The average molecular weight is 473 g/mol. The van der Waals surface area contributed by atoms with E-state index in [1.165, 1.54) is 42.1 Å². The van der Waals surface area contributed by atoms with Gasteiger partial charge in [0.2, 0.25) is 0 Å². The van der Waals surface area contributed by atoms with Gasteiger partial charge in [0, 0.05) is 18.0 Å². The highest BCUT2D eigenvalue weighted by molar-refractivity contribution is 7.98. The van der Waals surface area contributed by atoms with E-state index in [9.17, 15) is 26.4 Å². The van der Waals surface area contributed by atoms with Crippen molar-refractivity contribution in [3.8, 4) is 0 Å². The Kier molecular flexibility index (Phi) is 6.90. The summed E-state index contributed by atoms with van der Waals surface area (Å²) in [4.78, 5) is 15.1. The largest absolute Gasteiger partial charge is 0.418 e. The van der Waals surface area contributed by atoms with Gasteiger partial charge in [0.05, 0.1) is 21.7 Å². The number of hydrogen-bond acceptors (Lipinski definition) is 4. The van der Waals surface area contributed by atoms with Crippen molar-refractivity contribution in [2.75, 3.05) is 24.1 Å². The number of hydrogen-bond donors (Lipinski definition) is 1. The zero-order valence-corrected chi connectivity index (χ0v) is 18.7. The van der Waals surface area contributed by atoms with E-state index in [1.54, 1.807) is 11.2 Å². The highest BCUT2D eigenvalue weighted by Gasteiger charge is 2.34. The minimum absolute atomic E-state index is 0.231. The van der Waals surface area contributed by atoms with Crippen LogP contribution in [0.2, 0.25) is 0 Å². The smallest absolute Gasteiger partial charge is 0.339 e. The molecule has 0 unspecified atom stereocenters. The number of anilines is 1. The van der Waals surface area contributed by atoms with Crippen molar-refractivity contribution in [2.45, 2.75) is 35.7 Å². The number of nitrogens with one attached hydrogen (secondary N) is 1. The summed E-state index contributed by atoms with van der Waals surface area (Å²) in [5.41, 5.74) is -1.42. The van der Waals surface area contributed by atoms with Crippen molar-refractivity contribution in [1.29, 1.82) is 0 Å². The van der Waals surface area contributed by atoms with Crippen molar-refractivity contribution >= 4 is 33.4 Å². The number of sulfonamides is 1. The molecule has 2 aromatic carbocycles. The van der Waals surface area contributed by atoms with Gasteiger partial charge >= 0.3 is 6.18 Å². The first-order chi connectivity index (χ1) is 14.5. The van der Waals surface area contributed by atoms with Gasteiger partial charge in [-0.25, -0.2) is 8.42 Å². The Balaban J connectivity index is 1.94. The minimum Gasteiger partial charge on any atom is -0.339 e. The van der Waals surface area contributed by atoms with Crippen LogP contribution in [-0.4, -0.2) is 38.6 Å². The van der Waals surface area contributed by atoms with E-state index in [4.69, 9.17) is 0 Å². The molecule has 0 saturated carbocycles. The first kappa shape index (κ1) is 23.5. The molecule has 1 amide bonds. The third kappa shape index (κ3) is 5.35. The van der Waals surface area contributed by atoms with Gasteiger partial charge in [-0.1, -0.05) is 19.1 Å². The number of alkyl halides is 3. The third-order valence-corrected chi connectivity index (χ3v) is 7.42. The van der Waals surface area contributed by atoms with E-state index in [0.717, 1.165) is 25.0 Å². The standard InChI is InChI=1S/C21H23F3N2O3S2/c1-14-9-11-26(12-10-14)20(27)16-13-15(7-8-19(16)30-2)31(28,29)25-18-6-4-3-5-17(18)21(22,23)24/h3-8,13-14,25H,9-12H2,1-2H3. The van der Waals surface area contributed by atoms with Crippen LogP contribution < -0.4 is 4.72 Å². The molecule has 0 radical (unpaired) electrons. The fourth-order valence-electron chi connectivity index (χ4n) is 3.43. The first-order valence-corrected chi connectivity index (χ1v) is 12.4. The van der Waals surface area contributed by atoms with Gasteiger partial charge in [-0.3, -0.25) is 9.52 Å². The molecule has 3 rings (SSSR count). The summed E-state index contributed by atoms with van der Waals surface area (Å²) in [6.45, 7) is 3.29. The number of carbonyl (C=O) groups is 1. The normalized spacial score (nSPS) is 15.7. The lowest BCUT2D eigenvalue weighted by Crippen LogP contribution is -2.38. The highest BCUT2D eigenvalue weighted by Crippen LogP contribution is 2.36. The summed E-state index contributed by atoms with van der Waals surface area (Å²) in [6, 6.07) is 8.40. The van der Waals surface area contributed by atoms with Crippen LogP contribution in [0.15, 0.2) is 52.3 Å². The molecular formula is C21H23F3N2O3S2. The predicted octanol–water partition coefficient (Wildman–Crippen LogP) is 5.10. The van der Waals surface area contributed by atoms with Crippen molar-refractivity contribution in [3.63, 3.8) is 0 Å². The number of benzene rings is 2. The van der Waals surface area contributed by atoms with Gasteiger partial charge in [-0.15, -0.1) is 11.8 Å². The molecule has 1 N–H and O–H groups in total. The summed E-state index contributed by atoms with van der Waals surface area (Å²) >= 11 is 1.31. The quantitative estimate of drug-likeness (QED) is 0.615. The Morgan fingerprint density at radius 3 is 2.39 bits per heavy atom. The fourth-order valence-corrected chi connectivity index (χ4v) is 5.10. The lowest BCUT2D eigenvalue weighted by atomic mass is 9.98. The van der Waals surface area contributed by atoms with Crippen LogP contribution in [0.4, 0.5) is 18.9 Å². The van der Waals surface area contributed by atoms with Crippen molar-refractivity contribution in [3.05, 3.63) is 53.6 Å². The predicted molar refractivity (Wildman–Crippen MR) is 115 cm³/mol. The van der Waals surface area contributed by atoms with Crippen LogP contribution in [-0.2, 0) is 16.2 Å². The molecule has 1 fully saturated rings. The van der Waals surface area contributed by atoms with Gasteiger partial charge < -0.3 is 4.90 Å². The van der Waals surface area contributed by atoms with Crippen LogP contribution in [0.5, 0.6) is 0 Å². The number of thioether (sulfide) groups is 1. The maximum absolute atomic E-state index is 13.2. The molecular weight excluding hydrogens is 449 g/mol. The Labute approximate surface area is 184 Å². The van der Waals surface area contributed by atoms with Crippen molar-refractivity contribution < 1.29 is 26.4 Å². The molecule has 0 atom stereocenters. The Morgan fingerprint density at radius 1 is 1.13 bits per heavy atom. The number of nitrogens with zero attached hydrogens (tertiary/aromatic N) is 1. The van der Waals surface area contributed by atoms with Crippen LogP contribution in [0.25, 0.3) is 0 Å². The topological polar surface area (TPSA) is 66.5 Å². The highest BCUT2D eigenvalue weighted by atomic mass is 32.2. The Bertz CT molecular complexity index is 1060. The zero-order chi connectivity index (χ0) is 22.8. The molecule has 1 saturated heterocycles. The van der Waals surface area contributed by atoms with E-state index in [1.807, 2.05) is 4.72 Å². The minimum atomic E-state index is -4.71. The number of halogens is 3. The molecule has 1 aliphatic rings. The van der Waals surface area contributed by atoms with E-state index in [-0.39, 0.29) is 16.4 Å². The third-order valence-electron chi connectivity index (χ3n) is 5.26. The van der Waals surface area contributed by atoms with Crippen LogP contribution in [0.3, 0.4) is 0 Å². The number of carbonyl (C=O) groups excluding carboxylic acids is 1. The van der Waals surface area contributed by atoms with Crippen LogP contribution in [0, 0.1) is 5.92 Å². The van der Waals surface area contributed by atoms with Crippen molar-refractivity contribution in [2.24, 2.45) is 5.92 Å². The van der Waals surface area contributed by atoms with Gasteiger partial charge in [0.1, 0.15) is 0 Å². The summed E-state index contributed by atoms with van der Waals surface area (Å²) in [6.07, 6.45) is -1.20. The summed E-state index contributed by atoms with van der Waals surface area (Å²) in [7, 11) is -4.35. The van der Waals surface area contributed by atoms with Crippen molar-refractivity contribution in [1.82, 2.24) is 4.90 Å². The maximum atomic E-state index is 13.2. The van der Waals surface area contributed by atoms with Gasteiger partial charge in [-0.2, -0.15) is 13.2 Å². The molecule has 168 valence electrons. The van der Waals surface area contributed by atoms with E-state index in [0.29, 0.717) is 23.9 Å². The lowest BCUT2D eigenvalue weighted by molar-refractivity contribution is -0.136. The Hall–Kier alpha value is -2.20. The number of para-hydroxylation sites is 1. The molecule has 2 aromatic rings.